The molecule has 0 atom stereocenters. The first-order valence-corrected chi connectivity index (χ1v) is 7.70. The monoisotopic (exact) mass is 269 g/mol. The van der Waals surface area contributed by atoms with Gasteiger partial charge in [0.15, 0.2) is 0 Å². The molecule has 0 spiro atoms. The Morgan fingerprint density at radius 1 is 1.11 bits per heavy atom. The molecule has 2 rings (SSSR count). The zero-order valence-corrected chi connectivity index (χ0v) is 11.0. The normalized spacial score (nSPS) is 17.6. The molecule has 100 valence electrons. The van der Waals surface area contributed by atoms with Crippen LogP contribution in [0.15, 0.2) is 29.2 Å². The molecular weight excluding hydrogens is 250 g/mol. The van der Waals surface area contributed by atoms with E-state index in [0.29, 0.717) is 5.69 Å². The molecule has 0 aliphatic heterocycles. The summed E-state index contributed by atoms with van der Waals surface area (Å²) < 4.78 is 27.3. The molecule has 6 heteroatoms. The Bertz CT molecular complexity index is 496. The Morgan fingerprint density at radius 2 is 1.78 bits per heavy atom. The van der Waals surface area contributed by atoms with Crippen LogP contribution in [0, 0.1) is 0 Å². The zero-order chi connectivity index (χ0) is 13.0. The van der Waals surface area contributed by atoms with Gasteiger partial charge in [-0.25, -0.2) is 13.1 Å². The first-order chi connectivity index (χ1) is 8.63. The van der Waals surface area contributed by atoms with E-state index in [1.54, 1.807) is 24.3 Å². The molecule has 0 saturated heterocycles. The van der Waals surface area contributed by atoms with Crippen LogP contribution >= 0.6 is 0 Å². The molecule has 0 heterocycles. The second-order valence-corrected chi connectivity index (χ2v) is 6.28. The van der Waals surface area contributed by atoms with Crippen molar-refractivity contribution in [3.8, 4) is 0 Å². The largest absolute Gasteiger partial charge is 0.323 e. The maximum atomic E-state index is 12.3. The van der Waals surface area contributed by atoms with Crippen molar-refractivity contribution in [2.24, 2.45) is 5.84 Å². The van der Waals surface area contributed by atoms with Gasteiger partial charge in [-0.15, -0.1) is 0 Å². The molecule has 1 saturated carbocycles. The molecule has 0 unspecified atom stereocenters. The fourth-order valence-corrected chi connectivity index (χ4v) is 3.80. The number of nitrogens with two attached hydrogens (primary N) is 1. The lowest BCUT2D eigenvalue weighted by Crippen LogP contribution is -2.36. The number of benzene rings is 1. The van der Waals surface area contributed by atoms with Crippen molar-refractivity contribution in [3.05, 3.63) is 24.3 Å². The van der Waals surface area contributed by atoms with Crippen LogP contribution in [0.2, 0.25) is 0 Å². The van der Waals surface area contributed by atoms with Crippen molar-refractivity contribution in [1.29, 1.82) is 0 Å². The van der Waals surface area contributed by atoms with Gasteiger partial charge in [0.2, 0.25) is 10.0 Å². The molecule has 4 N–H and O–H groups in total. The SMILES string of the molecule is NNc1ccccc1S(=O)(=O)NC1CCCCC1. The summed E-state index contributed by atoms with van der Waals surface area (Å²) in [5, 5.41) is 0. The van der Waals surface area contributed by atoms with Crippen molar-refractivity contribution in [1.82, 2.24) is 4.72 Å². The van der Waals surface area contributed by atoms with Crippen LogP contribution in [0.1, 0.15) is 32.1 Å². The molecule has 0 aromatic heterocycles. The highest BCUT2D eigenvalue weighted by molar-refractivity contribution is 7.89. The van der Waals surface area contributed by atoms with Crippen LogP contribution in [0.25, 0.3) is 0 Å². The Kier molecular flexibility index (Phi) is 4.21. The number of sulfonamides is 1. The van der Waals surface area contributed by atoms with Gasteiger partial charge >= 0.3 is 0 Å². The van der Waals surface area contributed by atoms with Gasteiger partial charge in [-0.05, 0) is 25.0 Å². The fourth-order valence-electron chi connectivity index (χ4n) is 2.32. The lowest BCUT2D eigenvalue weighted by Gasteiger charge is -2.23. The zero-order valence-electron chi connectivity index (χ0n) is 10.2. The highest BCUT2D eigenvalue weighted by Crippen LogP contribution is 2.23. The topological polar surface area (TPSA) is 84.2 Å². The number of hydrazine groups is 1. The van der Waals surface area contributed by atoms with E-state index >= 15 is 0 Å². The summed E-state index contributed by atoms with van der Waals surface area (Å²) in [7, 11) is -3.50. The standard InChI is InChI=1S/C12H19N3O2S/c13-14-11-8-4-5-9-12(11)18(16,17)15-10-6-2-1-3-7-10/h4-5,8-10,14-15H,1-3,6-7,13H2. The highest BCUT2D eigenvalue weighted by atomic mass is 32.2. The summed E-state index contributed by atoms with van der Waals surface area (Å²) in [6, 6.07) is 6.69. The molecule has 1 aromatic rings. The van der Waals surface area contributed by atoms with Gasteiger partial charge in [-0.3, -0.25) is 5.84 Å². The van der Waals surface area contributed by atoms with Gasteiger partial charge in [0.1, 0.15) is 4.90 Å². The van der Waals surface area contributed by atoms with Gasteiger partial charge in [-0.1, -0.05) is 31.4 Å². The summed E-state index contributed by atoms with van der Waals surface area (Å²) in [4.78, 5) is 0.207. The minimum atomic E-state index is -3.50. The number of rotatable bonds is 4. The quantitative estimate of drug-likeness (QED) is 0.572. The van der Waals surface area contributed by atoms with Crippen molar-refractivity contribution in [3.63, 3.8) is 0 Å². The molecule has 0 amide bonds. The molecule has 0 bridgehead atoms. The maximum absolute atomic E-state index is 12.3. The van der Waals surface area contributed by atoms with E-state index in [1.807, 2.05) is 0 Å². The van der Waals surface area contributed by atoms with E-state index in [-0.39, 0.29) is 10.9 Å². The molecule has 5 nitrogen and oxygen atoms in total. The summed E-state index contributed by atoms with van der Waals surface area (Å²) in [5.41, 5.74) is 2.84. The van der Waals surface area contributed by atoms with Gasteiger partial charge in [0, 0.05) is 6.04 Å². The van der Waals surface area contributed by atoms with Crippen molar-refractivity contribution >= 4 is 15.7 Å². The predicted octanol–water partition coefficient (Wildman–Crippen LogP) is 1.58. The summed E-state index contributed by atoms with van der Waals surface area (Å²) in [6.07, 6.45) is 5.20. The van der Waals surface area contributed by atoms with Crippen LogP contribution < -0.4 is 16.0 Å². The summed E-state index contributed by atoms with van der Waals surface area (Å²) in [6.45, 7) is 0. The van der Waals surface area contributed by atoms with Crippen LogP contribution in [-0.2, 0) is 10.0 Å². The highest BCUT2D eigenvalue weighted by Gasteiger charge is 2.23. The molecular formula is C12H19N3O2S. The molecule has 0 radical (unpaired) electrons. The molecule has 18 heavy (non-hydrogen) atoms. The second-order valence-electron chi connectivity index (χ2n) is 4.60. The lowest BCUT2D eigenvalue weighted by atomic mass is 9.96. The van der Waals surface area contributed by atoms with Gasteiger partial charge in [0.05, 0.1) is 5.69 Å². The fraction of sp³-hybridized carbons (Fsp3) is 0.500. The Morgan fingerprint density at radius 3 is 2.44 bits per heavy atom. The van der Waals surface area contributed by atoms with E-state index in [4.69, 9.17) is 5.84 Å². The first kappa shape index (κ1) is 13.3. The molecule has 1 aromatic carbocycles. The number of hydrogen-bond acceptors (Lipinski definition) is 4. The Labute approximate surface area is 108 Å². The van der Waals surface area contributed by atoms with Crippen LogP contribution in [0.4, 0.5) is 5.69 Å². The molecule has 1 aliphatic carbocycles. The number of hydrogen-bond donors (Lipinski definition) is 3. The maximum Gasteiger partial charge on any atom is 0.242 e. The summed E-state index contributed by atoms with van der Waals surface area (Å²) >= 11 is 0. The average Bonchev–Trinajstić information content (AvgIpc) is 2.39. The summed E-state index contributed by atoms with van der Waals surface area (Å²) in [5.74, 6) is 5.34. The van der Waals surface area contributed by atoms with Crippen LogP contribution in [-0.4, -0.2) is 14.5 Å². The van der Waals surface area contributed by atoms with Gasteiger partial charge < -0.3 is 5.43 Å². The Balaban J connectivity index is 2.19. The first-order valence-electron chi connectivity index (χ1n) is 6.21. The number of nitrogens with one attached hydrogen (secondary N) is 2. The second kappa shape index (κ2) is 5.69. The van der Waals surface area contributed by atoms with Crippen LogP contribution in [0.3, 0.4) is 0 Å². The van der Waals surface area contributed by atoms with E-state index in [1.165, 1.54) is 6.42 Å². The smallest absolute Gasteiger partial charge is 0.242 e. The minimum Gasteiger partial charge on any atom is -0.323 e. The third-order valence-corrected chi connectivity index (χ3v) is 4.84. The Hall–Kier alpha value is -1.11. The van der Waals surface area contributed by atoms with Crippen LogP contribution in [0.5, 0.6) is 0 Å². The predicted molar refractivity (Wildman–Crippen MR) is 71.4 cm³/mol. The van der Waals surface area contributed by atoms with Crippen molar-refractivity contribution < 1.29 is 8.42 Å². The van der Waals surface area contributed by atoms with E-state index < -0.39 is 10.0 Å². The molecule has 1 fully saturated rings. The third kappa shape index (κ3) is 3.01. The lowest BCUT2D eigenvalue weighted by molar-refractivity contribution is 0.412. The van der Waals surface area contributed by atoms with Gasteiger partial charge in [0.25, 0.3) is 0 Å². The van der Waals surface area contributed by atoms with E-state index in [9.17, 15) is 8.42 Å². The number of para-hydroxylation sites is 1. The number of anilines is 1. The van der Waals surface area contributed by atoms with Crippen molar-refractivity contribution in [2.75, 3.05) is 5.43 Å². The third-order valence-electron chi connectivity index (χ3n) is 3.26. The minimum absolute atomic E-state index is 0.0505. The van der Waals surface area contributed by atoms with Gasteiger partial charge in [-0.2, -0.15) is 0 Å². The van der Waals surface area contributed by atoms with E-state index in [0.717, 1.165) is 25.7 Å². The van der Waals surface area contributed by atoms with E-state index in [2.05, 4.69) is 10.1 Å². The van der Waals surface area contributed by atoms with Crippen molar-refractivity contribution in [2.45, 2.75) is 43.0 Å². The average molecular weight is 269 g/mol. The molecule has 1 aliphatic rings. The number of nitrogen functional groups attached to an aromatic ring is 1.